The van der Waals surface area contributed by atoms with E-state index in [0.29, 0.717) is 10.5 Å². The van der Waals surface area contributed by atoms with Crippen LogP contribution in [-0.2, 0) is 0 Å². The molecule has 3 nitrogen and oxygen atoms in total. The molecule has 0 aliphatic carbocycles. The summed E-state index contributed by atoms with van der Waals surface area (Å²) in [6, 6.07) is 0.327. The van der Waals surface area contributed by atoms with Gasteiger partial charge in [-0.15, -0.1) is 11.3 Å². The number of aliphatic imine (C=N–C) groups is 1. The zero-order valence-electron chi connectivity index (χ0n) is 6.95. The van der Waals surface area contributed by atoms with Crippen LogP contribution in [0.4, 0.5) is 0 Å². The van der Waals surface area contributed by atoms with Crippen molar-refractivity contribution in [1.82, 2.24) is 10.3 Å². The third-order valence-corrected chi connectivity index (χ3v) is 4.03. The Hall–Kier alpha value is -0.260. The number of nitrogens with zero attached hydrogens (tertiary/aromatic N) is 2. The van der Waals surface area contributed by atoms with Crippen LogP contribution in [0.5, 0.6) is 0 Å². The standard InChI is InChI=1S/C7H8ClN3S2/c1-9-7-11-4(3-12-7)5-2-10-6(8)13-5/h2,4H,3H2,1H3,(H,9,11). The van der Waals surface area contributed by atoms with Crippen LogP contribution in [0.25, 0.3) is 0 Å². The second-order valence-corrected chi connectivity index (χ2v) is 5.21. The van der Waals surface area contributed by atoms with Gasteiger partial charge < -0.3 is 5.32 Å². The van der Waals surface area contributed by atoms with E-state index < -0.39 is 0 Å². The molecule has 70 valence electrons. The van der Waals surface area contributed by atoms with Gasteiger partial charge in [-0.05, 0) is 0 Å². The second kappa shape index (κ2) is 3.86. The number of aromatic nitrogens is 1. The van der Waals surface area contributed by atoms with Crippen molar-refractivity contribution in [2.75, 3.05) is 12.8 Å². The highest BCUT2D eigenvalue weighted by atomic mass is 35.5. The molecule has 1 unspecified atom stereocenters. The van der Waals surface area contributed by atoms with Gasteiger partial charge in [-0.25, -0.2) is 4.98 Å². The first kappa shape index (κ1) is 9.30. The van der Waals surface area contributed by atoms with Gasteiger partial charge in [0.15, 0.2) is 9.63 Å². The zero-order valence-corrected chi connectivity index (χ0v) is 9.34. The molecule has 6 heteroatoms. The third kappa shape index (κ3) is 1.98. The molecule has 1 atom stereocenters. The smallest absolute Gasteiger partial charge is 0.183 e. The molecule has 0 bridgehead atoms. The number of thiazole rings is 1. The third-order valence-electron chi connectivity index (χ3n) is 1.73. The minimum Gasteiger partial charge on any atom is -0.356 e. The molecule has 1 aliphatic rings. The maximum absolute atomic E-state index is 5.75. The van der Waals surface area contributed by atoms with E-state index in [9.17, 15) is 0 Å². The summed E-state index contributed by atoms with van der Waals surface area (Å²) in [4.78, 5) is 9.27. The molecule has 0 saturated carbocycles. The van der Waals surface area contributed by atoms with Gasteiger partial charge in [0, 0.05) is 23.9 Å². The molecule has 2 heterocycles. The predicted octanol–water partition coefficient (Wildman–Crippen LogP) is 2.16. The first-order valence-corrected chi connectivity index (χ1v) is 5.95. The summed E-state index contributed by atoms with van der Waals surface area (Å²) in [7, 11) is 1.79. The van der Waals surface area contributed by atoms with E-state index in [1.165, 1.54) is 16.2 Å². The van der Waals surface area contributed by atoms with E-state index in [2.05, 4.69) is 15.3 Å². The van der Waals surface area contributed by atoms with Crippen molar-refractivity contribution in [3.8, 4) is 0 Å². The van der Waals surface area contributed by atoms with Crippen molar-refractivity contribution in [2.45, 2.75) is 6.04 Å². The largest absolute Gasteiger partial charge is 0.356 e. The maximum atomic E-state index is 5.75. The molecule has 1 aromatic rings. The Morgan fingerprint density at radius 2 is 2.62 bits per heavy atom. The van der Waals surface area contributed by atoms with Crippen LogP contribution in [0.1, 0.15) is 10.9 Å². The second-order valence-electron chi connectivity index (χ2n) is 2.55. The highest BCUT2D eigenvalue weighted by molar-refractivity contribution is 8.14. The summed E-state index contributed by atoms with van der Waals surface area (Å²) in [6.07, 6.45) is 1.82. The summed E-state index contributed by atoms with van der Waals surface area (Å²) < 4.78 is 0.601. The fraction of sp³-hybridized carbons (Fsp3) is 0.429. The number of nitrogens with one attached hydrogen (secondary N) is 1. The van der Waals surface area contributed by atoms with Crippen molar-refractivity contribution >= 4 is 39.9 Å². The number of hydrogen-bond donors (Lipinski definition) is 1. The minimum atomic E-state index is 0.327. The van der Waals surface area contributed by atoms with E-state index in [0.717, 1.165) is 10.9 Å². The molecule has 2 rings (SSSR count). The van der Waals surface area contributed by atoms with E-state index in [4.69, 9.17) is 11.6 Å². The number of hydrogen-bond acceptors (Lipinski definition) is 4. The average molecular weight is 234 g/mol. The Labute approximate surface area is 89.6 Å². The van der Waals surface area contributed by atoms with E-state index in [1.807, 2.05) is 6.20 Å². The summed E-state index contributed by atoms with van der Waals surface area (Å²) >= 11 is 9.00. The summed E-state index contributed by atoms with van der Waals surface area (Å²) in [5.41, 5.74) is 0. The van der Waals surface area contributed by atoms with Crippen LogP contribution in [0.3, 0.4) is 0 Å². The van der Waals surface area contributed by atoms with Gasteiger partial charge in [-0.1, -0.05) is 23.4 Å². The molecule has 0 spiro atoms. The van der Waals surface area contributed by atoms with Crippen LogP contribution in [0.2, 0.25) is 4.47 Å². The lowest BCUT2D eigenvalue weighted by atomic mass is 10.3. The highest BCUT2D eigenvalue weighted by Gasteiger charge is 2.22. The van der Waals surface area contributed by atoms with Gasteiger partial charge in [0.1, 0.15) is 0 Å². The van der Waals surface area contributed by atoms with Crippen molar-refractivity contribution in [1.29, 1.82) is 0 Å². The Morgan fingerprint density at radius 1 is 1.77 bits per heavy atom. The van der Waals surface area contributed by atoms with Crippen molar-refractivity contribution in [3.63, 3.8) is 0 Å². The lowest BCUT2D eigenvalue weighted by Crippen LogP contribution is -2.17. The van der Waals surface area contributed by atoms with Crippen LogP contribution in [0, 0.1) is 0 Å². The van der Waals surface area contributed by atoms with Gasteiger partial charge in [0.25, 0.3) is 0 Å². The lowest BCUT2D eigenvalue weighted by molar-refractivity contribution is 0.765. The molecule has 13 heavy (non-hydrogen) atoms. The lowest BCUT2D eigenvalue weighted by Gasteiger charge is -2.04. The monoisotopic (exact) mass is 233 g/mol. The number of amidine groups is 1. The van der Waals surface area contributed by atoms with Crippen LogP contribution >= 0.6 is 34.7 Å². The molecule has 1 saturated heterocycles. The molecule has 0 amide bonds. The number of rotatable bonds is 1. The molecule has 1 N–H and O–H groups in total. The van der Waals surface area contributed by atoms with Gasteiger partial charge >= 0.3 is 0 Å². The Kier molecular flexibility index (Phi) is 2.76. The molecule has 0 aromatic carbocycles. The van der Waals surface area contributed by atoms with Crippen LogP contribution < -0.4 is 5.32 Å². The first-order chi connectivity index (χ1) is 6.29. The average Bonchev–Trinajstić information content (AvgIpc) is 2.71. The Morgan fingerprint density at radius 3 is 3.15 bits per heavy atom. The quantitative estimate of drug-likeness (QED) is 0.808. The van der Waals surface area contributed by atoms with Gasteiger partial charge in [0.2, 0.25) is 0 Å². The normalized spacial score (nSPS) is 25.1. The number of thioether (sulfide) groups is 1. The maximum Gasteiger partial charge on any atom is 0.183 e. The molecular formula is C7H8ClN3S2. The molecule has 1 aromatic heterocycles. The van der Waals surface area contributed by atoms with Gasteiger partial charge in [-0.3, -0.25) is 4.99 Å². The van der Waals surface area contributed by atoms with Crippen LogP contribution in [0.15, 0.2) is 11.2 Å². The minimum absolute atomic E-state index is 0.327. The fourth-order valence-electron chi connectivity index (χ4n) is 1.10. The van der Waals surface area contributed by atoms with E-state index in [1.54, 1.807) is 18.8 Å². The predicted molar refractivity (Wildman–Crippen MR) is 58.8 cm³/mol. The SMILES string of the molecule is CN=C1NC(c2cnc(Cl)s2)CS1. The topological polar surface area (TPSA) is 37.3 Å². The highest BCUT2D eigenvalue weighted by Crippen LogP contribution is 2.30. The molecular weight excluding hydrogens is 226 g/mol. The van der Waals surface area contributed by atoms with Crippen molar-refractivity contribution in [2.24, 2.45) is 4.99 Å². The van der Waals surface area contributed by atoms with Gasteiger partial charge in [-0.2, -0.15) is 0 Å². The Balaban J connectivity index is 2.12. The summed E-state index contributed by atoms with van der Waals surface area (Å²) in [5.74, 6) is 1.01. The van der Waals surface area contributed by atoms with Gasteiger partial charge in [0.05, 0.1) is 6.04 Å². The Bertz CT molecular complexity index is 336. The zero-order chi connectivity index (χ0) is 9.26. The molecule has 1 aliphatic heterocycles. The summed E-state index contributed by atoms with van der Waals surface area (Å²) in [6.45, 7) is 0. The van der Waals surface area contributed by atoms with Crippen LogP contribution in [-0.4, -0.2) is 23.0 Å². The van der Waals surface area contributed by atoms with E-state index in [-0.39, 0.29) is 0 Å². The fourth-order valence-corrected chi connectivity index (χ4v) is 3.16. The number of halogens is 1. The van der Waals surface area contributed by atoms with Crippen molar-refractivity contribution in [3.05, 3.63) is 15.5 Å². The van der Waals surface area contributed by atoms with Crippen molar-refractivity contribution < 1.29 is 0 Å². The molecule has 0 radical (unpaired) electrons. The first-order valence-electron chi connectivity index (χ1n) is 3.77. The summed E-state index contributed by atoms with van der Waals surface area (Å²) in [5, 5.41) is 4.29. The molecule has 1 fully saturated rings. The van der Waals surface area contributed by atoms with E-state index >= 15 is 0 Å².